The summed E-state index contributed by atoms with van der Waals surface area (Å²) in [5, 5.41) is 3.11. The second-order valence-electron chi connectivity index (χ2n) is 4.29. The van der Waals surface area contributed by atoms with Crippen molar-refractivity contribution in [3.05, 3.63) is 47.7 Å². The summed E-state index contributed by atoms with van der Waals surface area (Å²) in [4.78, 5) is 0. The van der Waals surface area contributed by atoms with Crippen molar-refractivity contribution in [3.8, 4) is 11.3 Å². The molecule has 2 nitrogen and oxygen atoms in total. The summed E-state index contributed by atoms with van der Waals surface area (Å²) in [5.41, 5.74) is 0.539. The lowest BCUT2D eigenvalue weighted by atomic mass is 10.1. The third-order valence-electron chi connectivity index (χ3n) is 2.87. The molecule has 2 aromatic rings. The second-order valence-corrected chi connectivity index (χ2v) is 4.29. The molecule has 1 aromatic carbocycles. The third kappa shape index (κ3) is 2.76. The van der Waals surface area contributed by atoms with Gasteiger partial charge in [0.2, 0.25) is 0 Å². The fourth-order valence-electron chi connectivity index (χ4n) is 1.70. The van der Waals surface area contributed by atoms with Crippen LogP contribution in [0.15, 0.2) is 34.7 Å². The highest BCUT2D eigenvalue weighted by Gasteiger charge is 2.10. The van der Waals surface area contributed by atoms with Crippen LogP contribution in [0, 0.1) is 11.6 Å². The molecule has 1 heterocycles. The predicted molar refractivity (Wildman–Crippen MR) is 66.3 cm³/mol. The van der Waals surface area contributed by atoms with Crippen molar-refractivity contribution in [1.82, 2.24) is 5.32 Å². The maximum absolute atomic E-state index is 13.1. The SMILES string of the molecule is CNC(C)Cc1ccc(-c2ccc(F)c(F)c2)o1. The van der Waals surface area contributed by atoms with E-state index >= 15 is 0 Å². The first kappa shape index (κ1) is 12.8. The molecule has 2 rings (SSSR count). The molecule has 0 fully saturated rings. The van der Waals surface area contributed by atoms with Crippen LogP contribution in [0.4, 0.5) is 8.78 Å². The number of furan rings is 1. The Balaban J connectivity index is 2.21. The van der Waals surface area contributed by atoms with Gasteiger partial charge in [-0.05, 0) is 44.3 Å². The highest BCUT2D eigenvalue weighted by atomic mass is 19.2. The van der Waals surface area contributed by atoms with Crippen molar-refractivity contribution in [2.45, 2.75) is 19.4 Å². The third-order valence-corrected chi connectivity index (χ3v) is 2.87. The Morgan fingerprint density at radius 1 is 1.17 bits per heavy atom. The summed E-state index contributed by atoms with van der Waals surface area (Å²) >= 11 is 0. The van der Waals surface area contributed by atoms with Gasteiger partial charge in [0.25, 0.3) is 0 Å². The van der Waals surface area contributed by atoms with Crippen LogP contribution in [0.25, 0.3) is 11.3 Å². The first-order chi connectivity index (χ1) is 8.60. The fourth-order valence-corrected chi connectivity index (χ4v) is 1.70. The van der Waals surface area contributed by atoms with Gasteiger partial charge in [0, 0.05) is 18.0 Å². The molecule has 96 valence electrons. The molecule has 0 aliphatic rings. The van der Waals surface area contributed by atoms with Crippen molar-refractivity contribution < 1.29 is 13.2 Å². The summed E-state index contributed by atoms with van der Waals surface area (Å²) in [7, 11) is 1.88. The van der Waals surface area contributed by atoms with Crippen molar-refractivity contribution in [3.63, 3.8) is 0 Å². The highest BCUT2D eigenvalue weighted by molar-refractivity contribution is 5.57. The Morgan fingerprint density at radius 2 is 1.94 bits per heavy atom. The van der Waals surface area contributed by atoms with E-state index in [2.05, 4.69) is 5.32 Å². The first-order valence-corrected chi connectivity index (χ1v) is 5.81. The van der Waals surface area contributed by atoms with E-state index < -0.39 is 11.6 Å². The minimum atomic E-state index is -0.867. The average molecular weight is 251 g/mol. The Bertz CT molecular complexity index is 536. The van der Waals surface area contributed by atoms with Crippen LogP contribution in [0.5, 0.6) is 0 Å². The van der Waals surface area contributed by atoms with Gasteiger partial charge in [-0.1, -0.05) is 0 Å². The van der Waals surface area contributed by atoms with Gasteiger partial charge in [0.05, 0.1) is 0 Å². The Hall–Kier alpha value is -1.68. The quantitative estimate of drug-likeness (QED) is 0.901. The van der Waals surface area contributed by atoms with Crippen molar-refractivity contribution in [2.75, 3.05) is 7.05 Å². The molecular weight excluding hydrogens is 236 g/mol. The maximum Gasteiger partial charge on any atom is 0.159 e. The van der Waals surface area contributed by atoms with Crippen LogP contribution in [0.2, 0.25) is 0 Å². The highest BCUT2D eigenvalue weighted by Crippen LogP contribution is 2.24. The lowest BCUT2D eigenvalue weighted by molar-refractivity contribution is 0.479. The number of nitrogens with one attached hydrogen (secondary N) is 1. The zero-order valence-electron chi connectivity index (χ0n) is 10.3. The average Bonchev–Trinajstić information content (AvgIpc) is 2.81. The summed E-state index contributed by atoms with van der Waals surface area (Å²) in [5.74, 6) is -0.354. The van der Waals surface area contributed by atoms with Gasteiger partial charge in [0.15, 0.2) is 11.6 Å². The van der Waals surface area contributed by atoms with Crippen LogP contribution in [0.1, 0.15) is 12.7 Å². The van der Waals surface area contributed by atoms with Crippen LogP contribution >= 0.6 is 0 Å². The number of likely N-dealkylation sites (N-methyl/N-ethyl adjacent to an activating group) is 1. The van der Waals surface area contributed by atoms with Gasteiger partial charge in [-0.2, -0.15) is 0 Å². The van der Waals surface area contributed by atoms with Crippen molar-refractivity contribution in [1.29, 1.82) is 0 Å². The minimum absolute atomic E-state index is 0.300. The number of halogens is 2. The van der Waals surface area contributed by atoms with E-state index in [4.69, 9.17) is 4.42 Å². The normalized spacial score (nSPS) is 12.7. The van der Waals surface area contributed by atoms with E-state index in [1.54, 1.807) is 6.07 Å². The Labute approximate surface area is 105 Å². The maximum atomic E-state index is 13.1. The molecule has 0 spiro atoms. The Morgan fingerprint density at radius 3 is 2.61 bits per heavy atom. The zero-order valence-corrected chi connectivity index (χ0v) is 10.3. The molecule has 0 saturated heterocycles. The standard InChI is InChI=1S/C14H15F2NO/c1-9(17-2)7-11-4-6-14(18-11)10-3-5-12(15)13(16)8-10/h3-6,8-9,17H,7H2,1-2H3. The molecule has 0 amide bonds. The molecule has 4 heteroatoms. The molecule has 0 aliphatic heterocycles. The fraction of sp³-hybridized carbons (Fsp3) is 0.286. The molecule has 1 atom stereocenters. The molecule has 18 heavy (non-hydrogen) atoms. The van der Waals surface area contributed by atoms with Gasteiger partial charge in [-0.3, -0.25) is 0 Å². The molecule has 1 aromatic heterocycles. The zero-order chi connectivity index (χ0) is 13.1. The van der Waals surface area contributed by atoms with Gasteiger partial charge in [-0.25, -0.2) is 8.78 Å². The van der Waals surface area contributed by atoms with E-state index in [-0.39, 0.29) is 0 Å². The topological polar surface area (TPSA) is 25.2 Å². The summed E-state index contributed by atoms with van der Waals surface area (Å²) in [6.07, 6.45) is 0.750. The number of benzene rings is 1. The van der Waals surface area contributed by atoms with Gasteiger partial charge in [0.1, 0.15) is 11.5 Å². The molecule has 0 aliphatic carbocycles. The molecule has 0 bridgehead atoms. The van der Waals surface area contributed by atoms with Gasteiger partial charge < -0.3 is 9.73 Å². The van der Waals surface area contributed by atoms with E-state index in [0.29, 0.717) is 17.4 Å². The van der Waals surface area contributed by atoms with Crippen molar-refractivity contribution in [2.24, 2.45) is 0 Å². The second kappa shape index (κ2) is 5.31. The van der Waals surface area contributed by atoms with Crippen LogP contribution in [-0.4, -0.2) is 13.1 Å². The Kier molecular flexibility index (Phi) is 3.77. The van der Waals surface area contributed by atoms with Gasteiger partial charge in [-0.15, -0.1) is 0 Å². The molecule has 1 N–H and O–H groups in total. The van der Waals surface area contributed by atoms with Crippen molar-refractivity contribution >= 4 is 0 Å². The van der Waals surface area contributed by atoms with E-state index in [1.165, 1.54) is 6.07 Å². The predicted octanol–water partition coefficient (Wildman–Crippen LogP) is 3.38. The van der Waals surface area contributed by atoms with Crippen LogP contribution in [0.3, 0.4) is 0 Å². The van der Waals surface area contributed by atoms with Crippen LogP contribution < -0.4 is 5.32 Å². The molecule has 1 unspecified atom stereocenters. The lowest BCUT2D eigenvalue weighted by Crippen LogP contribution is -2.23. The molecular formula is C14H15F2NO. The number of rotatable bonds is 4. The largest absolute Gasteiger partial charge is 0.461 e. The van der Waals surface area contributed by atoms with E-state index in [1.807, 2.05) is 20.0 Å². The van der Waals surface area contributed by atoms with Crippen LogP contribution in [-0.2, 0) is 6.42 Å². The summed E-state index contributed by atoms with van der Waals surface area (Å²) in [6.45, 7) is 2.04. The van der Waals surface area contributed by atoms with E-state index in [0.717, 1.165) is 24.3 Å². The lowest BCUT2D eigenvalue weighted by Gasteiger charge is -2.06. The number of hydrogen-bond donors (Lipinski definition) is 1. The molecule has 0 radical (unpaired) electrons. The van der Waals surface area contributed by atoms with Gasteiger partial charge >= 0.3 is 0 Å². The summed E-state index contributed by atoms with van der Waals surface area (Å²) < 4.78 is 31.5. The first-order valence-electron chi connectivity index (χ1n) is 5.81. The minimum Gasteiger partial charge on any atom is -0.461 e. The number of hydrogen-bond acceptors (Lipinski definition) is 2. The monoisotopic (exact) mass is 251 g/mol. The van der Waals surface area contributed by atoms with E-state index in [9.17, 15) is 8.78 Å². The molecule has 0 saturated carbocycles. The smallest absolute Gasteiger partial charge is 0.159 e. The summed E-state index contributed by atoms with van der Waals surface area (Å²) in [6, 6.07) is 7.66.